The van der Waals surface area contributed by atoms with Crippen LogP contribution in [0.15, 0.2) is 18.2 Å². The zero-order valence-corrected chi connectivity index (χ0v) is 11.6. The number of nitrogens with one attached hydrogen (secondary N) is 1. The lowest BCUT2D eigenvalue weighted by Crippen LogP contribution is -2.34. The van der Waals surface area contributed by atoms with E-state index in [9.17, 15) is 4.39 Å². The molecule has 1 nitrogen and oxygen atoms in total. The summed E-state index contributed by atoms with van der Waals surface area (Å²) in [6, 6.07) is 5.30. The number of hydrogen-bond donors (Lipinski definition) is 1. The molecule has 0 spiro atoms. The van der Waals surface area contributed by atoms with Crippen molar-refractivity contribution in [2.24, 2.45) is 5.92 Å². The summed E-state index contributed by atoms with van der Waals surface area (Å²) in [5.74, 6) is 0.440. The Morgan fingerprint density at radius 2 is 2.22 bits per heavy atom. The summed E-state index contributed by atoms with van der Waals surface area (Å²) in [7, 11) is 0. The van der Waals surface area contributed by atoms with Gasteiger partial charge in [0.1, 0.15) is 5.82 Å². The molecule has 100 valence electrons. The molecule has 0 amide bonds. The van der Waals surface area contributed by atoms with Gasteiger partial charge in [-0.1, -0.05) is 31.4 Å². The topological polar surface area (TPSA) is 12.0 Å². The summed E-state index contributed by atoms with van der Waals surface area (Å²) < 4.78 is 13.2. The molecule has 1 fully saturated rings. The van der Waals surface area contributed by atoms with E-state index in [0.29, 0.717) is 17.0 Å². The predicted octanol–water partition coefficient (Wildman–Crippen LogP) is 4.19. The quantitative estimate of drug-likeness (QED) is 0.864. The maximum atomic E-state index is 13.2. The molecule has 1 aromatic rings. The van der Waals surface area contributed by atoms with Crippen molar-refractivity contribution >= 4 is 11.6 Å². The van der Waals surface area contributed by atoms with Crippen LogP contribution in [0, 0.1) is 11.7 Å². The van der Waals surface area contributed by atoms with Gasteiger partial charge in [0.25, 0.3) is 0 Å². The summed E-state index contributed by atoms with van der Waals surface area (Å²) in [6.07, 6.45) is 5.84. The van der Waals surface area contributed by atoms with Gasteiger partial charge in [-0.25, -0.2) is 4.39 Å². The Balaban J connectivity index is 1.98. The van der Waals surface area contributed by atoms with Crippen LogP contribution in [0.3, 0.4) is 0 Å². The number of hydrogen-bond acceptors (Lipinski definition) is 1. The van der Waals surface area contributed by atoms with Crippen LogP contribution < -0.4 is 5.32 Å². The summed E-state index contributed by atoms with van der Waals surface area (Å²) in [5.41, 5.74) is 0.957. The highest BCUT2D eigenvalue weighted by Gasteiger charge is 2.22. The van der Waals surface area contributed by atoms with Gasteiger partial charge in [0.2, 0.25) is 0 Å². The molecule has 2 atom stereocenters. The second-order valence-electron chi connectivity index (χ2n) is 5.23. The number of benzene rings is 1. The molecule has 1 N–H and O–H groups in total. The molecule has 3 heteroatoms. The molecule has 18 heavy (non-hydrogen) atoms. The third-order valence-electron chi connectivity index (χ3n) is 3.79. The van der Waals surface area contributed by atoms with Crippen molar-refractivity contribution in [3.63, 3.8) is 0 Å². The predicted molar refractivity (Wildman–Crippen MR) is 74.5 cm³/mol. The Labute approximate surface area is 114 Å². The van der Waals surface area contributed by atoms with Crippen LogP contribution in [0.1, 0.15) is 38.2 Å². The fourth-order valence-electron chi connectivity index (χ4n) is 2.96. The van der Waals surface area contributed by atoms with Gasteiger partial charge in [0.15, 0.2) is 0 Å². The van der Waals surface area contributed by atoms with Gasteiger partial charge in [0, 0.05) is 11.1 Å². The van der Waals surface area contributed by atoms with Gasteiger partial charge in [-0.15, -0.1) is 0 Å². The minimum atomic E-state index is -0.187. The maximum absolute atomic E-state index is 13.2. The van der Waals surface area contributed by atoms with Gasteiger partial charge in [-0.2, -0.15) is 0 Å². The highest BCUT2D eigenvalue weighted by Crippen LogP contribution is 2.29. The van der Waals surface area contributed by atoms with Gasteiger partial charge in [-0.3, -0.25) is 0 Å². The van der Waals surface area contributed by atoms with Gasteiger partial charge < -0.3 is 5.32 Å². The Hall–Kier alpha value is -0.600. The van der Waals surface area contributed by atoms with Crippen molar-refractivity contribution in [1.29, 1.82) is 0 Å². The molecule has 1 saturated carbocycles. The van der Waals surface area contributed by atoms with Crippen molar-refractivity contribution < 1.29 is 4.39 Å². The third-order valence-corrected chi connectivity index (χ3v) is 4.16. The summed E-state index contributed by atoms with van der Waals surface area (Å²) in [4.78, 5) is 0. The lowest BCUT2D eigenvalue weighted by Gasteiger charge is -2.30. The van der Waals surface area contributed by atoms with Crippen molar-refractivity contribution in [3.8, 4) is 0 Å². The average Bonchev–Trinajstić information content (AvgIpc) is 2.35. The molecule has 0 bridgehead atoms. The van der Waals surface area contributed by atoms with Crippen LogP contribution >= 0.6 is 11.6 Å². The van der Waals surface area contributed by atoms with Crippen molar-refractivity contribution in [2.45, 2.75) is 45.1 Å². The van der Waals surface area contributed by atoms with E-state index in [1.807, 2.05) is 0 Å². The zero-order chi connectivity index (χ0) is 13.0. The molecule has 0 aliphatic heterocycles. The first-order chi connectivity index (χ1) is 8.69. The lowest BCUT2D eigenvalue weighted by molar-refractivity contribution is 0.287. The van der Waals surface area contributed by atoms with E-state index in [-0.39, 0.29) is 5.82 Å². The first-order valence-electron chi connectivity index (χ1n) is 6.86. The Kier molecular flexibility index (Phi) is 5.02. The highest BCUT2D eigenvalue weighted by atomic mass is 35.5. The van der Waals surface area contributed by atoms with Crippen molar-refractivity contribution in [1.82, 2.24) is 5.32 Å². The lowest BCUT2D eigenvalue weighted by atomic mass is 9.82. The molecule has 0 heterocycles. The van der Waals surface area contributed by atoms with E-state index in [2.05, 4.69) is 12.2 Å². The minimum Gasteiger partial charge on any atom is -0.314 e. The third kappa shape index (κ3) is 3.69. The van der Waals surface area contributed by atoms with E-state index < -0.39 is 0 Å². The van der Waals surface area contributed by atoms with Crippen molar-refractivity contribution in [3.05, 3.63) is 34.6 Å². The normalized spacial score (nSPS) is 24.2. The molecular weight excluding hydrogens is 249 g/mol. The molecule has 0 saturated heterocycles. The first-order valence-corrected chi connectivity index (χ1v) is 7.24. The van der Waals surface area contributed by atoms with Crippen LogP contribution in [0.2, 0.25) is 5.02 Å². The van der Waals surface area contributed by atoms with Crippen LogP contribution in [0.4, 0.5) is 4.39 Å². The standard InChI is InChI=1S/C15H21ClFN/c1-2-18-14-5-3-4-11(9-14)8-12-10-13(17)6-7-15(12)16/h6-7,10-11,14,18H,2-5,8-9H2,1H3. The van der Waals surface area contributed by atoms with Crippen LogP contribution in [-0.4, -0.2) is 12.6 Å². The van der Waals surface area contributed by atoms with Gasteiger partial charge >= 0.3 is 0 Å². The summed E-state index contributed by atoms with van der Waals surface area (Å²) in [6.45, 7) is 3.17. The molecule has 1 aliphatic carbocycles. The fourth-order valence-corrected chi connectivity index (χ4v) is 3.16. The van der Waals surface area contributed by atoms with Crippen LogP contribution in [0.25, 0.3) is 0 Å². The molecular formula is C15H21ClFN. The molecule has 1 aliphatic rings. The molecule has 2 rings (SSSR count). The van der Waals surface area contributed by atoms with E-state index in [4.69, 9.17) is 11.6 Å². The maximum Gasteiger partial charge on any atom is 0.123 e. The van der Waals surface area contributed by atoms with E-state index >= 15 is 0 Å². The van der Waals surface area contributed by atoms with Crippen LogP contribution in [-0.2, 0) is 6.42 Å². The van der Waals surface area contributed by atoms with Gasteiger partial charge in [-0.05, 0) is 55.5 Å². The summed E-state index contributed by atoms with van der Waals surface area (Å²) in [5, 5.41) is 4.22. The zero-order valence-electron chi connectivity index (χ0n) is 10.9. The number of rotatable bonds is 4. The monoisotopic (exact) mass is 269 g/mol. The Bertz CT molecular complexity index is 392. The van der Waals surface area contributed by atoms with E-state index in [0.717, 1.165) is 18.5 Å². The summed E-state index contributed by atoms with van der Waals surface area (Å²) >= 11 is 6.13. The molecule has 1 aromatic carbocycles. The second-order valence-corrected chi connectivity index (χ2v) is 5.63. The van der Waals surface area contributed by atoms with Gasteiger partial charge in [0.05, 0.1) is 0 Å². The Morgan fingerprint density at radius 1 is 1.39 bits per heavy atom. The Morgan fingerprint density at radius 3 is 3.00 bits per heavy atom. The molecule has 0 radical (unpaired) electrons. The molecule has 0 aromatic heterocycles. The number of halogens is 2. The van der Waals surface area contributed by atoms with E-state index in [1.54, 1.807) is 12.1 Å². The smallest absolute Gasteiger partial charge is 0.123 e. The largest absolute Gasteiger partial charge is 0.314 e. The second kappa shape index (κ2) is 6.53. The fraction of sp³-hybridized carbons (Fsp3) is 0.600. The first kappa shape index (κ1) is 13.8. The SMILES string of the molecule is CCNC1CCCC(Cc2cc(F)ccc2Cl)C1. The average molecular weight is 270 g/mol. The molecule has 2 unspecified atom stereocenters. The van der Waals surface area contributed by atoms with Crippen molar-refractivity contribution in [2.75, 3.05) is 6.54 Å². The van der Waals surface area contributed by atoms with E-state index in [1.165, 1.54) is 31.7 Å². The van der Waals surface area contributed by atoms with Crippen LogP contribution in [0.5, 0.6) is 0 Å². The minimum absolute atomic E-state index is 0.187. The highest BCUT2D eigenvalue weighted by molar-refractivity contribution is 6.31.